The Labute approximate surface area is 185 Å². The summed E-state index contributed by atoms with van der Waals surface area (Å²) in [5, 5.41) is 7.59. The predicted octanol–water partition coefficient (Wildman–Crippen LogP) is 2.33. The average molecular weight is 438 g/mol. The Morgan fingerprint density at radius 3 is 2.48 bits per heavy atom. The summed E-state index contributed by atoms with van der Waals surface area (Å²) in [6, 6.07) is 8.82. The van der Waals surface area contributed by atoms with Crippen molar-refractivity contribution in [2.75, 3.05) is 13.1 Å². The Bertz CT molecular complexity index is 1230. The molecule has 2 aliphatic rings. The molecule has 8 heteroatoms. The number of aromatic nitrogens is 4. The molecule has 0 radical (unpaired) electrons. The second kappa shape index (κ2) is 7.84. The highest BCUT2D eigenvalue weighted by molar-refractivity contribution is 7.09. The Balaban J connectivity index is 1.41. The van der Waals surface area contributed by atoms with E-state index in [4.69, 9.17) is 5.10 Å². The Kier molecular flexibility index (Phi) is 5.14. The average Bonchev–Trinajstić information content (AvgIpc) is 3.47. The van der Waals surface area contributed by atoms with Crippen LogP contribution in [-0.2, 0) is 31.5 Å². The number of nitrogens with zero attached hydrogens (tertiary/aromatic N) is 5. The van der Waals surface area contributed by atoms with Gasteiger partial charge in [0.05, 0.1) is 17.2 Å². The summed E-state index contributed by atoms with van der Waals surface area (Å²) in [7, 11) is 0. The van der Waals surface area contributed by atoms with E-state index in [1.54, 1.807) is 4.57 Å². The molecule has 0 bridgehead atoms. The van der Waals surface area contributed by atoms with Crippen molar-refractivity contribution in [3.8, 4) is 0 Å². The van der Waals surface area contributed by atoms with Gasteiger partial charge in [0.2, 0.25) is 0 Å². The van der Waals surface area contributed by atoms with E-state index < -0.39 is 11.1 Å². The van der Waals surface area contributed by atoms with Gasteiger partial charge < -0.3 is 0 Å². The zero-order chi connectivity index (χ0) is 21.6. The van der Waals surface area contributed by atoms with Crippen molar-refractivity contribution in [2.24, 2.45) is 0 Å². The zero-order valence-electron chi connectivity index (χ0n) is 18.0. The van der Waals surface area contributed by atoms with Crippen LogP contribution in [0.25, 0.3) is 0 Å². The highest BCUT2D eigenvalue weighted by Gasteiger charge is 2.47. The molecule has 1 fully saturated rings. The van der Waals surface area contributed by atoms with Crippen molar-refractivity contribution in [3.05, 3.63) is 78.0 Å². The minimum absolute atomic E-state index is 0.157. The molecule has 1 spiro atoms. The SMILES string of the molecule is CCc1ccc(CN2CCC3(CCn4c3nn(Cc3csc(C)n3)c(=O)c4=O)C2)cc1. The van der Waals surface area contributed by atoms with Gasteiger partial charge in [0, 0.05) is 30.4 Å². The van der Waals surface area contributed by atoms with E-state index in [1.165, 1.54) is 27.1 Å². The van der Waals surface area contributed by atoms with Gasteiger partial charge in [-0.15, -0.1) is 11.3 Å². The normalized spacial score (nSPS) is 20.6. The molecule has 1 atom stereocenters. The first-order chi connectivity index (χ1) is 15.0. The molecule has 5 rings (SSSR count). The van der Waals surface area contributed by atoms with Crippen molar-refractivity contribution in [1.82, 2.24) is 24.2 Å². The lowest BCUT2D eigenvalue weighted by atomic mass is 9.85. The van der Waals surface area contributed by atoms with Crippen molar-refractivity contribution in [3.63, 3.8) is 0 Å². The van der Waals surface area contributed by atoms with Crippen molar-refractivity contribution >= 4 is 11.3 Å². The fraction of sp³-hybridized carbons (Fsp3) is 0.478. The first-order valence-corrected chi connectivity index (χ1v) is 11.8. The van der Waals surface area contributed by atoms with E-state index in [0.717, 1.165) is 55.4 Å². The minimum atomic E-state index is -0.558. The summed E-state index contributed by atoms with van der Waals surface area (Å²) in [6.45, 7) is 7.65. The lowest BCUT2D eigenvalue weighted by Crippen LogP contribution is -2.45. The fourth-order valence-corrected chi connectivity index (χ4v) is 5.54. The van der Waals surface area contributed by atoms with E-state index in [2.05, 4.69) is 41.1 Å². The molecule has 0 saturated carbocycles. The van der Waals surface area contributed by atoms with Gasteiger partial charge in [0.25, 0.3) is 0 Å². The lowest BCUT2D eigenvalue weighted by molar-refractivity contribution is 0.298. The number of aryl methyl sites for hydroxylation is 2. The van der Waals surface area contributed by atoms with Crippen LogP contribution in [0, 0.1) is 6.92 Å². The van der Waals surface area contributed by atoms with Crippen LogP contribution in [0.3, 0.4) is 0 Å². The summed E-state index contributed by atoms with van der Waals surface area (Å²) in [4.78, 5) is 32.3. The molecule has 2 aliphatic heterocycles. The first kappa shape index (κ1) is 20.3. The van der Waals surface area contributed by atoms with Gasteiger partial charge >= 0.3 is 11.1 Å². The molecule has 162 valence electrons. The second-order valence-corrected chi connectivity index (χ2v) is 9.82. The van der Waals surface area contributed by atoms with E-state index >= 15 is 0 Å². The molecule has 1 aromatic carbocycles. The first-order valence-electron chi connectivity index (χ1n) is 10.9. The third kappa shape index (κ3) is 3.68. The van der Waals surface area contributed by atoms with Crippen LogP contribution in [0.4, 0.5) is 0 Å². The summed E-state index contributed by atoms with van der Waals surface area (Å²) in [6.07, 6.45) is 2.87. The molecule has 0 aliphatic carbocycles. The molecule has 0 N–H and O–H groups in total. The van der Waals surface area contributed by atoms with Gasteiger partial charge in [-0.2, -0.15) is 5.10 Å². The van der Waals surface area contributed by atoms with Crippen LogP contribution in [0.5, 0.6) is 0 Å². The second-order valence-electron chi connectivity index (χ2n) is 8.76. The number of hydrogen-bond donors (Lipinski definition) is 0. The van der Waals surface area contributed by atoms with Crippen LogP contribution in [0.2, 0.25) is 0 Å². The molecule has 31 heavy (non-hydrogen) atoms. The van der Waals surface area contributed by atoms with E-state index in [0.29, 0.717) is 6.54 Å². The van der Waals surface area contributed by atoms with Crippen molar-refractivity contribution in [2.45, 2.75) is 58.2 Å². The summed E-state index contributed by atoms with van der Waals surface area (Å²) < 4.78 is 2.94. The largest absolute Gasteiger partial charge is 0.332 e. The summed E-state index contributed by atoms with van der Waals surface area (Å²) in [5.41, 5.74) is 2.26. The van der Waals surface area contributed by atoms with Gasteiger partial charge in [-0.1, -0.05) is 31.2 Å². The molecule has 2 aromatic heterocycles. The van der Waals surface area contributed by atoms with Crippen LogP contribution < -0.4 is 11.1 Å². The third-order valence-corrected chi connectivity index (χ3v) is 7.49. The molecule has 1 saturated heterocycles. The third-order valence-electron chi connectivity index (χ3n) is 6.67. The molecule has 3 aromatic rings. The van der Waals surface area contributed by atoms with Crippen molar-refractivity contribution < 1.29 is 0 Å². The molecular formula is C23H27N5O2S. The molecule has 4 heterocycles. The number of rotatable bonds is 5. The number of benzene rings is 1. The van der Waals surface area contributed by atoms with E-state index in [-0.39, 0.29) is 12.0 Å². The van der Waals surface area contributed by atoms with Gasteiger partial charge in [-0.3, -0.25) is 19.1 Å². The smallest absolute Gasteiger partial charge is 0.298 e. The van der Waals surface area contributed by atoms with Gasteiger partial charge in [-0.25, -0.2) is 9.67 Å². The maximum Gasteiger partial charge on any atom is 0.332 e. The molecule has 1 unspecified atom stereocenters. The number of fused-ring (bicyclic) bond motifs is 2. The zero-order valence-corrected chi connectivity index (χ0v) is 18.8. The van der Waals surface area contributed by atoms with Crippen molar-refractivity contribution in [1.29, 1.82) is 0 Å². The minimum Gasteiger partial charge on any atom is -0.298 e. The quantitative estimate of drug-likeness (QED) is 0.573. The predicted molar refractivity (Wildman–Crippen MR) is 121 cm³/mol. The Hall–Kier alpha value is -2.58. The number of hydrogen-bond acceptors (Lipinski definition) is 6. The molecule has 0 amide bonds. The monoisotopic (exact) mass is 437 g/mol. The topological polar surface area (TPSA) is 73.0 Å². The lowest BCUT2D eigenvalue weighted by Gasteiger charge is -2.24. The highest BCUT2D eigenvalue weighted by Crippen LogP contribution is 2.40. The Morgan fingerprint density at radius 1 is 1.03 bits per heavy atom. The van der Waals surface area contributed by atoms with Crippen LogP contribution in [0.1, 0.15) is 47.4 Å². The van der Waals surface area contributed by atoms with Crippen LogP contribution in [-0.4, -0.2) is 37.3 Å². The molecule has 7 nitrogen and oxygen atoms in total. The van der Waals surface area contributed by atoms with Crippen LogP contribution >= 0.6 is 11.3 Å². The summed E-state index contributed by atoms with van der Waals surface area (Å²) in [5.74, 6) is 0.771. The fourth-order valence-electron chi connectivity index (χ4n) is 4.93. The number of likely N-dealkylation sites (tertiary alicyclic amines) is 1. The number of thiazole rings is 1. The Morgan fingerprint density at radius 2 is 1.77 bits per heavy atom. The molecular weight excluding hydrogens is 410 g/mol. The maximum atomic E-state index is 12.8. The highest BCUT2D eigenvalue weighted by atomic mass is 32.1. The van der Waals surface area contributed by atoms with Gasteiger partial charge in [0.1, 0.15) is 5.82 Å². The van der Waals surface area contributed by atoms with E-state index in [9.17, 15) is 9.59 Å². The van der Waals surface area contributed by atoms with Gasteiger partial charge in [-0.05, 0) is 43.9 Å². The summed E-state index contributed by atoms with van der Waals surface area (Å²) >= 11 is 1.54. The van der Waals surface area contributed by atoms with E-state index in [1.807, 2.05) is 12.3 Å². The maximum absolute atomic E-state index is 12.8. The van der Waals surface area contributed by atoms with Crippen LogP contribution in [0.15, 0.2) is 39.2 Å². The van der Waals surface area contributed by atoms with Gasteiger partial charge in [0.15, 0.2) is 0 Å². The standard InChI is InChI=1S/C23H27N5O2S/c1-3-17-4-6-18(7-5-17)12-26-10-8-23(15-26)9-11-27-20(29)21(30)28(25-22(23)27)13-19-14-31-16(2)24-19/h4-7,14H,3,8-13,15H2,1-2H3.